The number of amidine groups is 1. The number of methoxy groups -OCH3 is 1. The van der Waals surface area contributed by atoms with E-state index in [0.717, 1.165) is 0 Å². The van der Waals surface area contributed by atoms with Crippen molar-refractivity contribution >= 4 is 5.84 Å². The number of rotatable bonds is 6. The zero-order chi connectivity index (χ0) is 13.7. The first-order chi connectivity index (χ1) is 9.19. The molecule has 0 spiro atoms. The van der Waals surface area contributed by atoms with Crippen molar-refractivity contribution in [1.82, 2.24) is 9.78 Å². The fourth-order valence-electron chi connectivity index (χ4n) is 1.62. The van der Waals surface area contributed by atoms with E-state index in [4.69, 9.17) is 20.6 Å². The summed E-state index contributed by atoms with van der Waals surface area (Å²) in [5, 5.41) is 11.5. The first kappa shape index (κ1) is 12.9. The van der Waals surface area contributed by atoms with E-state index in [1.165, 1.54) is 0 Å². The van der Waals surface area contributed by atoms with E-state index in [9.17, 15) is 0 Å². The predicted molar refractivity (Wildman–Crippen MR) is 71.7 cm³/mol. The third-order valence-electron chi connectivity index (χ3n) is 2.58. The molecule has 0 aliphatic carbocycles. The first-order valence-electron chi connectivity index (χ1n) is 5.83. The predicted octanol–water partition coefficient (Wildman–Crippen LogP) is 1.25. The van der Waals surface area contributed by atoms with Crippen LogP contribution >= 0.6 is 0 Å². The first-order valence-corrected chi connectivity index (χ1v) is 5.83. The van der Waals surface area contributed by atoms with Crippen LogP contribution in [0.15, 0.2) is 36.7 Å². The molecule has 0 unspecified atom stereocenters. The molecule has 0 amide bonds. The van der Waals surface area contributed by atoms with Gasteiger partial charge in [-0.05, 0) is 18.2 Å². The zero-order valence-corrected chi connectivity index (χ0v) is 10.7. The van der Waals surface area contributed by atoms with Crippen molar-refractivity contribution in [2.75, 3.05) is 13.7 Å². The minimum absolute atomic E-state index is 0.0178. The van der Waals surface area contributed by atoms with Gasteiger partial charge in [-0.3, -0.25) is 10.1 Å². The van der Waals surface area contributed by atoms with Gasteiger partial charge in [0.15, 0.2) is 0 Å². The second-order valence-electron chi connectivity index (χ2n) is 3.93. The van der Waals surface area contributed by atoms with Gasteiger partial charge in [-0.1, -0.05) is 0 Å². The summed E-state index contributed by atoms with van der Waals surface area (Å²) in [6.07, 6.45) is 3.59. The summed E-state index contributed by atoms with van der Waals surface area (Å²) in [5.74, 6) is 1.22. The normalized spacial score (nSPS) is 10.2. The minimum Gasteiger partial charge on any atom is -0.497 e. The Morgan fingerprint density at radius 1 is 1.37 bits per heavy atom. The average Bonchev–Trinajstić information content (AvgIpc) is 2.91. The lowest BCUT2D eigenvalue weighted by atomic mass is 10.2. The highest BCUT2D eigenvalue weighted by Gasteiger charge is 2.05. The highest BCUT2D eigenvalue weighted by molar-refractivity contribution is 5.95. The van der Waals surface area contributed by atoms with Crippen molar-refractivity contribution in [1.29, 1.82) is 5.41 Å². The molecule has 2 rings (SSSR count). The molecule has 6 nitrogen and oxygen atoms in total. The fraction of sp³-hybridized carbons (Fsp3) is 0.231. The number of nitrogens with zero attached hydrogens (tertiary/aromatic N) is 2. The van der Waals surface area contributed by atoms with Crippen LogP contribution in [0, 0.1) is 5.41 Å². The van der Waals surface area contributed by atoms with Gasteiger partial charge >= 0.3 is 0 Å². The fourth-order valence-corrected chi connectivity index (χ4v) is 1.62. The van der Waals surface area contributed by atoms with Crippen molar-refractivity contribution in [3.8, 4) is 11.5 Å². The van der Waals surface area contributed by atoms with Gasteiger partial charge in [-0.25, -0.2) is 0 Å². The van der Waals surface area contributed by atoms with Gasteiger partial charge < -0.3 is 15.2 Å². The minimum atomic E-state index is -0.0178. The summed E-state index contributed by atoms with van der Waals surface area (Å²) >= 11 is 0. The van der Waals surface area contributed by atoms with Crippen LogP contribution in [0.5, 0.6) is 11.5 Å². The van der Waals surface area contributed by atoms with E-state index in [0.29, 0.717) is 30.2 Å². The van der Waals surface area contributed by atoms with E-state index in [1.54, 1.807) is 36.2 Å². The Morgan fingerprint density at radius 3 is 2.79 bits per heavy atom. The van der Waals surface area contributed by atoms with E-state index in [2.05, 4.69) is 5.10 Å². The number of nitrogens with two attached hydrogens (primary N) is 1. The van der Waals surface area contributed by atoms with Crippen LogP contribution in [0.1, 0.15) is 5.56 Å². The van der Waals surface area contributed by atoms with Gasteiger partial charge in [0.05, 0.1) is 13.7 Å². The van der Waals surface area contributed by atoms with E-state index in [-0.39, 0.29) is 5.84 Å². The molecule has 0 fully saturated rings. The second-order valence-corrected chi connectivity index (χ2v) is 3.93. The van der Waals surface area contributed by atoms with E-state index >= 15 is 0 Å². The molecule has 6 heteroatoms. The Bertz CT molecular complexity index is 552. The highest BCUT2D eigenvalue weighted by Crippen LogP contribution is 2.22. The summed E-state index contributed by atoms with van der Waals surface area (Å²) in [5.41, 5.74) is 6.05. The lowest BCUT2D eigenvalue weighted by Gasteiger charge is -2.10. The monoisotopic (exact) mass is 260 g/mol. The maximum absolute atomic E-state index is 7.45. The summed E-state index contributed by atoms with van der Waals surface area (Å²) < 4.78 is 12.6. The smallest absolute Gasteiger partial charge is 0.123 e. The largest absolute Gasteiger partial charge is 0.497 e. The second kappa shape index (κ2) is 5.90. The molecular formula is C13H16N4O2. The molecular weight excluding hydrogens is 244 g/mol. The number of nitrogen functional groups attached to an aromatic ring is 1. The summed E-state index contributed by atoms with van der Waals surface area (Å²) in [6, 6.07) is 7.03. The Hall–Kier alpha value is -2.50. The van der Waals surface area contributed by atoms with Crippen LogP contribution in [-0.4, -0.2) is 29.3 Å². The van der Waals surface area contributed by atoms with Crippen LogP contribution < -0.4 is 15.2 Å². The van der Waals surface area contributed by atoms with Gasteiger partial charge in [0.25, 0.3) is 0 Å². The van der Waals surface area contributed by atoms with Crippen LogP contribution in [0.3, 0.4) is 0 Å². The van der Waals surface area contributed by atoms with Crippen molar-refractivity contribution in [3.63, 3.8) is 0 Å². The standard InChI is InChI=1S/C13H16N4O2/c1-18-11-7-10(13(14)15)8-12(9-11)19-6-5-17-4-2-3-16-17/h2-4,7-9H,5-6H2,1H3,(H3,14,15). The van der Waals surface area contributed by atoms with Gasteiger partial charge in [0, 0.05) is 24.0 Å². The van der Waals surface area contributed by atoms with E-state index in [1.807, 2.05) is 12.3 Å². The lowest BCUT2D eigenvalue weighted by Crippen LogP contribution is -2.12. The Balaban J connectivity index is 2.02. The van der Waals surface area contributed by atoms with E-state index < -0.39 is 0 Å². The number of hydrogen-bond acceptors (Lipinski definition) is 4. The number of ether oxygens (including phenoxy) is 2. The molecule has 2 aromatic rings. The molecule has 3 N–H and O–H groups in total. The third-order valence-corrected chi connectivity index (χ3v) is 2.58. The topological polar surface area (TPSA) is 86.2 Å². The molecule has 0 aliphatic heterocycles. The van der Waals surface area contributed by atoms with Crippen molar-refractivity contribution < 1.29 is 9.47 Å². The van der Waals surface area contributed by atoms with Crippen LogP contribution in [0.2, 0.25) is 0 Å². The highest BCUT2D eigenvalue weighted by atomic mass is 16.5. The average molecular weight is 260 g/mol. The molecule has 1 heterocycles. The molecule has 1 aromatic heterocycles. The summed E-state index contributed by atoms with van der Waals surface area (Å²) in [7, 11) is 1.56. The number of aromatic nitrogens is 2. The quantitative estimate of drug-likeness (QED) is 0.604. The zero-order valence-electron chi connectivity index (χ0n) is 10.7. The molecule has 0 aliphatic rings. The number of nitrogens with one attached hydrogen (secondary N) is 1. The molecule has 100 valence electrons. The Kier molecular flexibility index (Phi) is 4.02. The Labute approximate surface area is 111 Å². The van der Waals surface area contributed by atoms with Gasteiger partial charge in [-0.15, -0.1) is 0 Å². The number of hydrogen-bond donors (Lipinski definition) is 2. The number of benzene rings is 1. The van der Waals surface area contributed by atoms with Gasteiger partial charge in [0.2, 0.25) is 0 Å². The summed E-state index contributed by atoms with van der Waals surface area (Å²) in [4.78, 5) is 0. The third kappa shape index (κ3) is 3.48. The SMILES string of the molecule is COc1cc(OCCn2cccn2)cc(C(=N)N)c1. The maximum Gasteiger partial charge on any atom is 0.123 e. The Morgan fingerprint density at radius 2 is 2.16 bits per heavy atom. The van der Waals surface area contributed by atoms with Crippen molar-refractivity contribution in [3.05, 3.63) is 42.2 Å². The molecule has 0 saturated heterocycles. The van der Waals surface area contributed by atoms with Crippen LogP contribution in [0.4, 0.5) is 0 Å². The lowest BCUT2D eigenvalue weighted by molar-refractivity contribution is 0.289. The van der Waals surface area contributed by atoms with Gasteiger partial charge in [-0.2, -0.15) is 5.10 Å². The van der Waals surface area contributed by atoms with Crippen molar-refractivity contribution in [2.45, 2.75) is 6.54 Å². The van der Waals surface area contributed by atoms with Gasteiger partial charge in [0.1, 0.15) is 23.9 Å². The molecule has 0 saturated carbocycles. The maximum atomic E-state index is 7.45. The molecule has 0 bridgehead atoms. The molecule has 0 atom stereocenters. The van der Waals surface area contributed by atoms with Crippen LogP contribution in [-0.2, 0) is 6.54 Å². The summed E-state index contributed by atoms with van der Waals surface area (Å²) in [6.45, 7) is 1.13. The molecule has 0 radical (unpaired) electrons. The molecule has 1 aromatic carbocycles. The van der Waals surface area contributed by atoms with Crippen LogP contribution in [0.25, 0.3) is 0 Å². The molecule has 19 heavy (non-hydrogen) atoms. The van der Waals surface area contributed by atoms with Crippen molar-refractivity contribution in [2.24, 2.45) is 5.73 Å².